The van der Waals surface area contributed by atoms with Gasteiger partial charge in [0.1, 0.15) is 5.02 Å². The quantitative estimate of drug-likeness (QED) is 0.806. The predicted octanol–water partition coefficient (Wildman–Crippen LogP) is 1.64. The maximum Gasteiger partial charge on any atom is 0.287 e. The number of rotatable bonds is 5. The van der Waals surface area contributed by atoms with Crippen LogP contribution in [0.5, 0.6) is 0 Å². The minimum absolute atomic E-state index is 0.188. The summed E-state index contributed by atoms with van der Waals surface area (Å²) >= 11 is 6.06. The molecule has 0 bridgehead atoms. The summed E-state index contributed by atoms with van der Waals surface area (Å²) in [5.41, 5.74) is 0.308. The average Bonchev–Trinajstić information content (AvgIpc) is 2.44. The highest BCUT2D eigenvalue weighted by Gasteiger charge is 2.14. The van der Waals surface area contributed by atoms with Crippen LogP contribution in [-0.4, -0.2) is 28.9 Å². The second kappa shape index (κ2) is 6.73. The number of anilines is 1. The highest BCUT2D eigenvalue weighted by atomic mass is 35.5. The molecule has 0 saturated carbocycles. The molecule has 5 nitrogen and oxygen atoms in total. The zero-order valence-corrected chi connectivity index (χ0v) is 11.6. The van der Waals surface area contributed by atoms with E-state index in [2.05, 4.69) is 22.3 Å². The van der Waals surface area contributed by atoms with Gasteiger partial charge >= 0.3 is 0 Å². The zero-order valence-electron chi connectivity index (χ0n) is 10.9. The molecule has 1 fully saturated rings. The van der Waals surface area contributed by atoms with Crippen LogP contribution in [0.4, 0.5) is 5.69 Å². The first kappa shape index (κ1) is 14.1. The fraction of sp³-hybridized carbons (Fsp3) is 0.538. The molecule has 0 amide bonds. The number of piperidine rings is 1. The van der Waals surface area contributed by atoms with E-state index >= 15 is 0 Å². The Balaban J connectivity index is 2.02. The summed E-state index contributed by atoms with van der Waals surface area (Å²) in [6.07, 6.45) is 6.83. The molecule has 2 heterocycles. The number of nitrogens with zero attached hydrogens (tertiary/aromatic N) is 2. The van der Waals surface area contributed by atoms with E-state index in [1.54, 1.807) is 12.3 Å². The average molecular weight is 283 g/mol. The number of allylic oxidation sites excluding steroid dienone is 1. The van der Waals surface area contributed by atoms with E-state index in [1.807, 2.05) is 0 Å². The number of nitrogens with one attached hydrogen (secondary N) is 2. The van der Waals surface area contributed by atoms with Gasteiger partial charge in [0.05, 0.1) is 18.4 Å². The first-order valence-corrected chi connectivity index (χ1v) is 6.94. The van der Waals surface area contributed by atoms with E-state index in [0.717, 1.165) is 19.5 Å². The van der Waals surface area contributed by atoms with Gasteiger partial charge in [0.2, 0.25) is 0 Å². The molecule has 1 saturated heterocycles. The van der Waals surface area contributed by atoms with E-state index in [4.69, 9.17) is 11.6 Å². The van der Waals surface area contributed by atoms with Gasteiger partial charge in [0, 0.05) is 12.6 Å². The van der Waals surface area contributed by atoms with Crippen LogP contribution < -0.4 is 16.2 Å². The Labute approximate surface area is 117 Å². The summed E-state index contributed by atoms with van der Waals surface area (Å²) in [5.74, 6) is 0. The van der Waals surface area contributed by atoms with Crippen molar-refractivity contribution in [1.29, 1.82) is 0 Å². The third-order valence-electron chi connectivity index (χ3n) is 3.24. The molecule has 1 atom stereocenters. The van der Waals surface area contributed by atoms with Crippen LogP contribution in [0.15, 0.2) is 23.6 Å². The third kappa shape index (κ3) is 3.58. The van der Waals surface area contributed by atoms with E-state index in [9.17, 15) is 4.79 Å². The summed E-state index contributed by atoms with van der Waals surface area (Å²) in [4.78, 5) is 11.9. The largest absolute Gasteiger partial charge is 0.381 e. The van der Waals surface area contributed by atoms with Gasteiger partial charge in [0.15, 0.2) is 0 Å². The summed E-state index contributed by atoms with van der Waals surface area (Å²) in [5, 5.41) is 10.9. The zero-order chi connectivity index (χ0) is 13.7. The maximum absolute atomic E-state index is 11.9. The van der Waals surface area contributed by atoms with E-state index in [1.165, 1.54) is 17.5 Å². The first-order chi connectivity index (χ1) is 9.22. The molecule has 1 aliphatic rings. The lowest BCUT2D eigenvalue weighted by Gasteiger charge is -2.24. The molecule has 19 heavy (non-hydrogen) atoms. The van der Waals surface area contributed by atoms with Crippen molar-refractivity contribution in [1.82, 2.24) is 15.1 Å². The molecule has 0 aliphatic carbocycles. The lowest BCUT2D eigenvalue weighted by atomic mass is 10.1. The summed E-state index contributed by atoms with van der Waals surface area (Å²) in [6, 6.07) is 0.431. The van der Waals surface area contributed by atoms with Crippen molar-refractivity contribution in [2.75, 3.05) is 18.4 Å². The molecule has 104 valence electrons. The van der Waals surface area contributed by atoms with Crippen LogP contribution in [0.3, 0.4) is 0 Å². The number of hydrogen-bond donors (Lipinski definition) is 2. The molecule has 1 aromatic rings. The van der Waals surface area contributed by atoms with Crippen LogP contribution in [0.1, 0.15) is 19.3 Å². The predicted molar refractivity (Wildman–Crippen MR) is 77.8 cm³/mol. The second-order valence-corrected chi connectivity index (χ2v) is 5.05. The van der Waals surface area contributed by atoms with Gasteiger partial charge in [-0.05, 0) is 19.4 Å². The van der Waals surface area contributed by atoms with Gasteiger partial charge < -0.3 is 10.6 Å². The summed E-state index contributed by atoms with van der Waals surface area (Å²) in [7, 11) is 0. The van der Waals surface area contributed by atoms with Gasteiger partial charge in [-0.15, -0.1) is 6.58 Å². The molecule has 1 aromatic heterocycles. The fourth-order valence-corrected chi connectivity index (χ4v) is 2.39. The summed E-state index contributed by atoms with van der Waals surface area (Å²) in [6.45, 7) is 5.76. The molecule has 2 N–H and O–H groups in total. The van der Waals surface area contributed by atoms with Gasteiger partial charge in [-0.2, -0.15) is 5.10 Å². The van der Waals surface area contributed by atoms with Crippen LogP contribution in [0.25, 0.3) is 0 Å². The fourth-order valence-electron chi connectivity index (χ4n) is 2.17. The normalized spacial score (nSPS) is 19.1. The Morgan fingerprint density at radius 2 is 2.47 bits per heavy atom. The molecule has 1 unspecified atom stereocenters. The standard InChI is InChI=1S/C13H19ClN4O/c1-2-7-18-13(19)12(14)11(9-17-18)16-8-10-5-3-4-6-15-10/h2,9-10,15-16H,1,3-8H2. The lowest BCUT2D eigenvalue weighted by Crippen LogP contribution is -2.39. The third-order valence-corrected chi connectivity index (χ3v) is 3.60. The highest BCUT2D eigenvalue weighted by Crippen LogP contribution is 2.16. The molecule has 6 heteroatoms. The van der Waals surface area contributed by atoms with Crippen LogP contribution >= 0.6 is 11.6 Å². The first-order valence-electron chi connectivity index (χ1n) is 6.56. The van der Waals surface area contributed by atoms with Crippen molar-refractivity contribution >= 4 is 17.3 Å². The van der Waals surface area contributed by atoms with E-state index in [-0.39, 0.29) is 10.6 Å². The van der Waals surface area contributed by atoms with Gasteiger partial charge in [-0.3, -0.25) is 4.79 Å². The topological polar surface area (TPSA) is 59.0 Å². The highest BCUT2D eigenvalue weighted by molar-refractivity contribution is 6.32. The number of aromatic nitrogens is 2. The minimum Gasteiger partial charge on any atom is -0.381 e. The monoisotopic (exact) mass is 282 g/mol. The molecular weight excluding hydrogens is 264 g/mol. The van der Waals surface area contributed by atoms with Crippen molar-refractivity contribution in [3.63, 3.8) is 0 Å². The SMILES string of the molecule is C=CCn1ncc(NCC2CCCCN2)c(Cl)c1=O. The Bertz CT molecular complexity index is 494. The van der Waals surface area contributed by atoms with Crippen molar-refractivity contribution in [3.8, 4) is 0 Å². The van der Waals surface area contributed by atoms with Crippen LogP contribution in [0.2, 0.25) is 5.02 Å². The molecule has 0 aromatic carbocycles. The molecule has 1 aliphatic heterocycles. The molecule has 0 radical (unpaired) electrons. The van der Waals surface area contributed by atoms with Gasteiger partial charge in [-0.1, -0.05) is 24.1 Å². The van der Waals surface area contributed by atoms with Crippen molar-refractivity contribution < 1.29 is 0 Å². The van der Waals surface area contributed by atoms with Crippen molar-refractivity contribution in [2.45, 2.75) is 31.8 Å². The smallest absolute Gasteiger partial charge is 0.287 e. The Kier molecular flexibility index (Phi) is 4.99. The van der Waals surface area contributed by atoms with E-state index < -0.39 is 0 Å². The second-order valence-electron chi connectivity index (χ2n) is 4.68. The lowest BCUT2D eigenvalue weighted by molar-refractivity contribution is 0.414. The van der Waals surface area contributed by atoms with Gasteiger partial charge in [0.25, 0.3) is 5.56 Å². The summed E-state index contributed by atoms with van der Waals surface area (Å²) < 4.78 is 1.29. The van der Waals surface area contributed by atoms with Crippen LogP contribution in [-0.2, 0) is 6.54 Å². The van der Waals surface area contributed by atoms with E-state index in [0.29, 0.717) is 18.3 Å². The Morgan fingerprint density at radius 1 is 1.63 bits per heavy atom. The van der Waals surface area contributed by atoms with Crippen molar-refractivity contribution in [2.24, 2.45) is 0 Å². The number of halogens is 1. The Hall–Kier alpha value is -1.33. The Morgan fingerprint density at radius 3 is 3.16 bits per heavy atom. The molecule has 0 spiro atoms. The van der Waals surface area contributed by atoms with Crippen LogP contribution in [0, 0.1) is 0 Å². The van der Waals surface area contributed by atoms with Crippen molar-refractivity contribution in [3.05, 3.63) is 34.2 Å². The number of hydrogen-bond acceptors (Lipinski definition) is 4. The van der Waals surface area contributed by atoms with Gasteiger partial charge in [-0.25, -0.2) is 4.68 Å². The molecular formula is C13H19ClN4O. The maximum atomic E-state index is 11.9. The molecule has 2 rings (SSSR count). The minimum atomic E-state index is -0.289.